The van der Waals surface area contributed by atoms with Crippen molar-refractivity contribution in [3.05, 3.63) is 23.3 Å². The number of hydrogen-bond acceptors (Lipinski definition) is 4. The van der Waals surface area contributed by atoms with Gasteiger partial charge in [0.25, 0.3) is 5.91 Å². The number of nitrogens with one attached hydrogen (secondary N) is 1. The third kappa shape index (κ3) is 3.20. The Balaban J connectivity index is 3.01. The topological polar surface area (TPSA) is 83.6 Å². The summed E-state index contributed by atoms with van der Waals surface area (Å²) in [5, 5.41) is 2.13. The summed E-state index contributed by atoms with van der Waals surface area (Å²) in [6, 6.07) is -0.933. The molecule has 6 heteroatoms. The summed E-state index contributed by atoms with van der Waals surface area (Å²) in [6.07, 6.45) is 3.96. The van der Waals surface area contributed by atoms with E-state index in [0.29, 0.717) is 12.0 Å². The van der Waals surface area contributed by atoms with Crippen LogP contribution in [0.5, 0.6) is 0 Å². The highest BCUT2D eigenvalue weighted by Gasteiger charge is 2.35. The Morgan fingerprint density at radius 2 is 1.95 bits per heavy atom. The normalized spacial score (nSPS) is 20.4. The Hall–Kier alpha value is -2.24. The summed E-state index contributed by atoms with van der Waals surface area (Å²) in [7, 11) is 0. The maximum absolute atomic E-state index is 12.4. The van der Waals surface area contributed by atoms with E-state index in [-0.39, 0.29) is 18.7 Å². The summed E-state index contributed by atoms with van der Waals surface area (Å²) in [5.74, 6) is -1.54. The van der Waals surface area contributed by atoms with E-state index in [1.54, 1.807) is 32.9 Å². The Morgan fingerprint density at radius 3 is 2.40 bits per heavy atom. The van der Waals surface area contributed by atoms with Crippen molar-refractivity contribution < 1.29 is 19.2 Å². The molecule has 1 N–H and O–H groups in total. The molecule has 1 rings (SSSR count). The van der Waals surface area contributed by atoms with Crippen LogP contribution in [0.25, 0.3) is 0 Å². The van der Waals surface area contributed by atoms with Gasteiger partial charge in [-0.05, 0) is 32.8 Å². The van der Waals surface area contributed by atoms with E-state index in [4.69, 9.17) is 0 Å². The molecule has 0 aromatic carbocycles. The second-order valence-corrected chi connectivity index (χ2v) is 4.46. The van der Waals surface area contributed by atoms with E-state index in [1.165, 1.54) is 0 Å². The molecule has 1 unspecified atom stereocenters. The molecule has 0 bridgehead atoms. The lowest BCUT2D eigenvalue weighted by Gasteiger charge is -2.29. The number of hydrogen-bond donors (Lipinski definition) is 1. The fourth-order valence-electron chi connectivity index (χ4n) is 2.02. The van der Waals surface area contributed by atoms with Crippen molar-refractivity contribution in [1.82, 2.24) is 10.2 Å². The molecule has 0 aliphatic carbocycles. The maximum atomic E-state index is 12.4. The molecule has 1 aliphatic heterocycles. The number of nitrogens with zero attached hydrogens (tertiary/aromatic N) is 1. The molecule has 1 fully saturated rings. The van der Waals surface area contributed by atoms with E-state index in [2.05, 4.69) is 5.32 Å². The van der Waals surface area contributed by atoms with Crippen molar-refractivity contribution in [2.24, 2.45) is 0 Å². The molecule has 20 heavy (non-hydrogen) atoms. The highest BCUT2D eigenvalue weighted by molar-refractivity contribution is 6.08. The van der Waals surface area contributed by atoms with Gasteiger partial charge in [0, 0.05) is 12.0 Å². The predicted octanol–water partition coefficient (Wildman–Crippen LogP) is 0.689. The lowest BCUT2D eigenvalue weighted by atomic mass is 10.0. The van der Waals surface area contributed by atoms with E-state index in [1.807, 2.05) is 0 Å². The van der Waals surface area contributed by atoms with Crippen molar-refractivity contribution in [2.45, 2.75) is 39.7 Å². The van der Waals surface area contributed by atoms with Gasteiger partial charge in [-0.3, -0.25) is 29.4 Å². The van der Waals surface area contributed by atoms with Gasteiger partial charge in [0.2, 0.25) is 18.2 Å². The van der Waals surface area contributed by atoms with Gasteiger partial charge in [-0.25, -0.2) is 0 Å². The molecular weight excluding hydrogens is 260 g/mol. The maximum Gasteiger partial charge on any atom is 0.260 e. The third-order valence-electron chi connectivity index (χ3n) is 3.27. The molecule has 0 saturated carbocycles. The minimum atomic E-state index is -0.933. The zero-order chi connectivity index (χ0) is 15.3. The smallest absolute Gasteiger partial charge is 0.260 e. The minimum absolute atomic E-state index is 0.113. The van der Waals surface area contributed by atoms with E-state index in [0.717, 1.165) is 10.5 Å². The van der Waals surface area contributed by atoms with Crippen LogP contribution in [0.1, 0.15) is 33.6 Å². The molecule has 0 spiro atoms. The van der Waals surface area contributed by atoms with Crippen molar-refractivity contribution in [2.75, 3.05) is 0 Å². The minimum Gasteiger partial charge on any atom is -0.295 e. The van der Waals surface area contributed by atoms with Crippen molar-refractivity contribution >= 4 is 24.1 Å². The zero-order valence-electron chi connectivity index (χ0n) is 11.8. The van der Waals surface area contributed by atoms with Crippen molar-refractivity contribution in [3.63, 3.8) is 0 Å². The summed E-state index contributed by atoms with van der Waals surface area (Å²) in [5.41, 5.74) is 1.08. The number of allylic oxidation sites excluding steroid dienone is 2. The predicted molar refractivity (Wildman–Crippen MR) is 72.3 cm³/mol. The average molecular weight is 278 g/mol. The fourth-order valence-corrected chi connectivity index (χ4v) is 2.02. The Kier molecular flexibility index (Phi) is 5.37. The summed E-state index contributed by atoms with van der Waals surface area (Å²) < 4.78 is 0. The van der Waals surface area contributed by atoms with Gasteiger partial charge < -0.3 is 0 Å². The lowest BCUT2D eigenvalue weighted by Crippen LogP contribution is -2.54. The van der Waals surface area contributed by atoms with Crippen LogP contribution in [0, 0.1) is 0 Å². The molecule has 108 valence electrons. The highest BCUT2D eigenvalue weighted by atomic mass is 16.2. The average Bonchev–Trinajstić information content (AvgIpc) is 2.42. The van der Waals surface area contributed by atoms with Gasteiger partial charge >= 0.3 is 0 Å². The van der Waals surface area contributed by atoms with Crippen LogP contribution in [0.3, 0.4) is 0 Å². The first kappa shape index (κ1) is 15.8. The lowest BCUT2D eigenvalue weighted by molar-refractivity contribution is -0.148. The standard InChI is InChI=1S/C14H18N2O4/c1-4-9(3)10(5-2)14(20)16(8-17)11-6-7-12(18)15-13(11)19/h4-5,8,11H,6-7H2,1-3H3,(H,15,18,19)/b9-4-,10-5+. The van der Waals surface area contributed by atoms with E-state index >= 15 is 0 Å². The van der Waals surface area contributed by atoms with Crippen LogP contribution in [0.4, 0.5) is 0 Å². The summed E-state index contributed by atoms with van der Waals surface area (Å²) in [4.78, 5) is 47.2. The van der Waals surface area contributed by atoms with Crippen molar-refractivity contribution in [1.29, 1.82) is 0 Å². The number of piperidine rings is 1. The molecule has 1 atom stereocenters. The van der Waals surface area contributed by atoms with Crippen LogP contribution >= 0.6 is 0 Å². The van der Waals surface area contributed by atoms with Gasteiger partial charge in [0.05, 0.1) is 0 Å². The monoisotopic (exact) mass is 278 g/mol. The molecule has 0 aromatic rings. The number of carbonyl (C=O) groups is 4. The first-order valence-electron chi connectivity index (χ1n) is 6.37. The molecule has 4 amide bonds. The zero-order valence-corrected chi connectivity index (χ0v) is 11.8. The first-order chi connectivity index (χ1) is 9.46. The number of rotatable bonds is 4. The molecule has 0 aromatic heterocycles. The van der Waals surface area contributed by atoms with Crippen LogP contribution in [0.2, 0.25) is 0 Å². The Bertz CT molecular complexity index is 505. The SMILES string of the molecule is C/C=C(C)\C(=C/C)C(=O)N(C=O)C1CCC(=O)NC1=O. The molecule has 6 nitrogen and oxygen atoms in total. The van der Waals surface area contributed by atoms with Crippen LogP contribution < -0.4 is 5.32 Å². The van der Waals surface area contributed by atoms with E-state index in [9.17, 15) is 19.2 Å². The largest absolute Gasteiger partial charge is 0.295 e. The van der Waals surface area contributed by atoms with Crippen LogP contribution in [0.15, 0.2) is 23.3 Å². The molecular formula is C14H18N2O4. The second kappa shape index (κ2) is 6.79. The summed E-state index contributed by atoms with van der Waals surface area (Å²) in [6.45, 7) is 5.22. The van der Waals surface area contributed by atoms with Gasteiger partial charge in [0.1, 0.15) is 6.04 Å². The van der Waals surface area contributed by atoms with Gasteiger partial charge in [-0.1, -0.05) is 12.2 Å². The number of amides is 4. The van der Waals surface area contributed by atoms with Crippen LogP contribution in [-0.4, -0.2) is 35.1 Å². The molecule has 1 heterocycles. The quantitative estimate of drug-likeness (QED) is 0.355. The molecule has 0 radical (unpaired) electrons. The fraction of sp³-hybridized carbons (Fsp3) is 0.429. The van der Waals surface area contributed by atoms with Gasteiger partial charge in [-0.2, -0.15) is 0 Å². The number of carbonyl (C=O) groups excluding carboxylic acids is 4. The first-order valence-corrected chi connectivity index (χ1v) is 6.37. The van der Waals surface area contributed by atoms with Crippen LogP contribution in [-0.2, 0) is 19.2 Å². The van der Waals surface area contributed by atoms with Crippen molar-refractivity contribution in [3.8, 4) is 0 Å². The highest BCUT2D eigenvalue weighted by Crippen LogP contribution is 2.17. The molecule has 1 aliphatic rings. The third-order valence-corrected chi connectivity index (χ3v) is 3.27. The van der Waals surface area contributed by atoms with Gasteiger partial charge in [-0.15, -0.1) is 0 Å². The number of imide groups is 2. The molecule has 1 saturated heterocycles. The summed E-state index contributed by atoms with van der Waals surface area (Å²) >= 11 is 0. The van der Waals surface area contributed by atoms with Gasteiger partial charge in [0.15, 0.2) is 0 Å². The Morgan fingerprint density at radius 1 is 1.30 bits per heavy atom. The van der Waals surface area contributed by atoms with E-state index < -0.39 is 17.9 Å². The second-order valence-electron chi connectivity index (χ2n) is 4.46. The Labute approximate surface area is 117 Å².